The summed E-state index contributed by atoms with van der Waals surface area (Å²) in [5.74, 6) is -0.311. The summed E-state index contributed by atoms with van der Waals surface area (Å²) >= 11 is 0.818. The number of nitrogens with one attached hydrogen (secondary N) is 1. The quantitative estimate of drug-likeness (QED) is 0.804. The highest BCUT2D eigenvalue weighted by molar-refractivity contribution is 7.91. The topological polar surface area (TPSA) is 109 Å². The number of carbonyl (C=O) groups is 2. The fourth-order valence-electron chi connectivity index (χ4n) is 2.13. The molecule has 116 valence electrons. The number of anilines is 1. The summed E-state index contributed by atoms with van der Waals surface area (Å²) in [6.07, 6.45) is 1.04. The van der Waals surface area contributed by atoms with Crippen molar-refractivity contribution < 1.29 is 18.0 Å². The Labute approximate surface area is 126 Å². The van der Waals surface area contributed by atoms with Crippen LogP contribution in [0.4, 0.5) is 5.13 Å². The van der Waals surface area contributed by atoms with Crippen LogP contribution in [0.5, 0.6) is 0 Å². The third-order valence-corrected chi connectivity index (χ3v) is 6.36. The summed E-state index contributed by atoms with van der Waals surface area (Å²) in [7, 11) is -3.71. The number of rotatable bonds is 4. The maximum atomic E-state index is 12.4. The first kappa shape index (κ1) is 16.0. The number of nitrogens with zero attached hydrogens (tertiary/aromatic N) is 3. The van der Waals surface area contributed by atoms with E-state index >= 15 is 0 Å². The number of hydrogen-bond donors (Lipinski definition) is 1. The fourth-order valence-corrected chi connectivity index (χ4v) is 4.68. The molecule has 1 aromatic heterocycles. The molecule has 0 aliphatic carbocycles. The van der Waals surface area contributed by atoms with Crippen molar-refractivity contribution in [2.45, 2.75) is 31.0 Å². The van der Waals surface area contributed by atoms with E-state index in [1.165, 1.54) is 18.2 Å². The van der Waals surface area contributed by atoms with E-state index in [4.69, 9.17) is 0 Å². The molecule has 1 saturated heterocycles. The van der Waals surface area contributed by atoms with Gasteiger partial charge in [0.25, 0.3) is 10.0 Å². The number of hydrogen-bond acceptors (Lipinski definition) is 7. The van der Waals surface area contributed by atoms with Gasteiger partial charge in [-0.25, -0.2) is 8.42 Å². The van der Waals surface area contributed by atoms with Crippen LogP contribution in [0.15, 0.2) is 4.34 Å². The van der Waals surface area contributed by atoms with Gasteiger partial charge < -0.3 is 5.32 Å². The molecule has 10 heteroatoms. The second-order valence-electron chi connectivity index (χ2n) is 4.84. The van der Waals surface area contributed by atoms with E-state index in [1.807, 2.05) is 0 Å². The minimum atomic E-state index is -3.71. The fraction of sp³-hybridized carbons (Fsp3) is 0.636. The predicted octanol–water partition coefficient (Wildman–Crippen LogP) is 0.486. The molecule has 1 amide bonds. The highest BCUT2D eigenvalue weighted by atomic mass is 32.2. The van der Waals surface area contributed by atoms with E-state index in [1.54, 1.807) is 0 Å². The summed E-state index contributed by atoms with van der Waals surface area (Å²) in [5, 5.41) is 9.82. The van der Waals surface area contributed by atoms with Crippen LogP contribution in [0.1, 0.15) is 26.7 Å². The molecule has 1 aromatic rings. The molecule has 8 nitrogen and oxygen atoms in total. The molecule has 0 aromatic carbocycles. The zero-order valence-electron chi connectivity index (χ0n) is 11.7. The van der Waals surface area contributed by atoms with E-state index in [0.717, 1.165) is 11.3 Å². The summed E-state index contributed by atoms with van der Waals surface area (Å²) in [4.78, 5) is 22.2. The number of piperidine rings is 1. The Morgan fingerprint density at radius 2 is 1.86 bits per heavy atom. The maximum absolute atomic E-state index is 12.4. The van der Waals surface area contributed by atoms with E-state index < -0.39 is 10.0 Å². The number of aromatic nitrogens is 2. The van der Waals surface area contributed by atoms with Gasteiger partial charge in [0.2, 0.25) is 15.4 Å². The van der Waals surface area contributed by atoms with Crippen LogP contribution >= 0.6 is 11.3 Å². The first-order chi connectivity index (χ1) is 9.80. The van der Waals surface area contributed by atoms with Crippen LogP contribution < -0.4 is 5.32 Å². The minimum absolute atomic E-state index is 0.0687. The van der Waals surface area contributed by atoms with Gasteiger partial charge in [-0.15, -0.1) is 10.2 Å². The summed E-state index contributed by atoms with van der Waals surface area (Å²) in [6.45, 7) is 3.42. The molecule has 0 atom stereocenters. The standard InChI is InChI=1S/C11H16N4O4S2/c1-7(16)9-3-5-15(6-4-9)21(18,19)11-14-13-10(20-11)12-8(2)17/h9H,3-6H2,1-2H3,(H,12,13,17). The normalized spacial score (nSPS) is 17.6. The first-order valence-electron chi connectivity index (χ1n) is 6.42. The molecule has 0 bridgehead atoms. The predicted molar refractivity (Wildman–Crippen MR) is 76.4 cm³/mol. The van der Waals surface area contributed by atoms with Crippen molar-refractivity contribution in [2.24, 2.45) is 5.92 Å². The molecular formula is C11H16N4O4S2. The minimum Gasteiger partial charge on any atom is -0.301 e. The van der Waals surface area contributed by atoms with Crippen LogP contribution in [0.2, 0.25) is 0 Å². The first-order valence-corrected chi connectivity index (χ1v) is 8.68. The van der Waals surface area contributed by atoms with Gasteiger partial charge in [0.15, 0.2) is 0 Å². The van der Waals surface area contributed by atoms with Crippen LogP contribution in [0.25, 0.3) is 0 Å². The van der Waals surface area contributed by atoms with Gasteiger partial charge in [0, 0.05) is 25.9 Å². The second kappa shape index (κ2) is 6.16. The van der Waals surface area contributed by atoms with Crippen LogP contribution in [-0.4, -0.2) is 47.7 Å². The monoisotopic (exact) mass is 332 g/mol. The summed E-state index contributed by atoms with van der Waals surface area (Å²) in [5.41, 5.74) is 0. The highest BCUT2D eigenvalue weighted by Crippen LogP contribution is 2.27. The van der Waals surface area contributed by atoms with E-state index in [9.17, 15) is 18.0 Å². The van der Waals surface area contributed by atoms with Crippen molar-refractivity contribution in [3.63, 3.8) is 0 Å². The lowest BCUT2D eigenvalue weighted by molar-refractivity contribution is -0.121. The largest absolute Gasteiger partial charge is 0.301 e. The van der Waals surface area contributed by atoms with Crippen molar-refractivity contribution >= 4 is 38.2 Å². The third-order valence-electron chi connectivity index (χ3n) is 3.28. The van der Waals surface area contributed by atoms with Gasteiger partial charge in [-0.2, -0.15) is 4.31 Å². The number of carbonyl (C=O) groups excluding carboxylic acids is 2. The molecule has 0 spiro atoms. The SMILES string of the molecule is CC(=O)Nc1nnc(S(=O)(=O)N2CCC(C(C)=O)CC2)s1. The van der Waals surface area contributed by atoms with Gasteiger partial charge in [-0.3, -0.25) is 9.59 Å². The molecule has 1 aliphatic heterocycles. The Balaban J connectivity index is 2.10. The van der Waals surface area contributed by atoms with Gasteiger partial charge in [0.1, 0.15) is 5.78 Å². The van der Waals surface area contributed by atoms with E-state index in [0.29, 0.717) is 25.9 Å². The molecule has 2 heterocycles. The molecule has 2 rings (SSSR count). The summed E-state index contributed by atoms with van der Waals surface area (Å²) in [6, 6.07) is 0. The lowest BCUT2D eigenvalue weighted by Gasteiger charge is -2.28. The van der Waals surface area contributed by atoms with E-state index in [-0.39, 0.29) is 27.1 Å². The highest BCUT2D eigenvalue weighted by Gasteiger charge is 2.33. The lowest BCUT2D eigenvalue weighted by atomic mass is 9.95. The van der Waals surface area contributed by atoms with Crippen molar-refractivity contribution in [1.82, 2.24) is 14.5 Å². The molecule has 1 aliphatic rings. The molecule has 0 radical (unpaired) electrons. The Morgan fingerprint density at radius 1 is 1.24 bits per heavy atom. The third kappa shape index (κ3) is 3.63. The number of amides is 1. The smallest absolute Gasteiger partial charge is 0.272 e. The number of sulfonamides is 1. The van der Waals surface area contributed by atoms with Crippen molar-refractivity contribution in [2.75, 3.05) is 18.4 Å². The van der Waals surface area contributed by atoms with Crippen molar-refractivity contribution in [3.8, 4) is 0 Å². The molecule has 1 fully saturated rings. The molecule has 1 N–H and O–H groups in total. The Bertz CT molecular complexity index is 647. The van der Waals surface area contributed by atoms with Crippen LogP contribution in [0.3, 0.4) is 0 Å². The molecule has 21 heavy (non-hydrogen) atoms. The van der Waals surface area contributed by atoms with E-state index in [2.05, 4.69) is 15.5 Å². The average Bonchev–Trinajstić information content (AvgIpc) is 2.87. The van der Waals surface area contributed by atoms with Crippen molar-refractivity contribution in [3.05, 3.63) is 0 Å². The lowest BCUT2D eigenvalue weighted by Crippen LogP contribution is -2.39. The van der Waals surface area contributed by atoms with Crippen LogP contribution in [-0.2, 0) is 19.6 Å². The Morgan fingerprint density at radius 3 is 2.38 bits per heavy atom. The van der Waals surface area contributed by atoms with Gasteiger partial charge in [-0.05, 0) is 19.8 Å². The zero-order chi connectivity index (χ0) is 15.6. The van der Waals surface area contributed by atoms with Crippen LogP contribution in [0, 0.1) is 5.92 Å². The average molecular weight is 332 g/mol. The van der Waals surface area contributed by atoms with Gasteiger partial charge in [0.05, 0.1) is 0 Å². The van der Waals surface area contributed by atoms with Crippen molar-refractivity contribution in [1.29, 1.82) is 0 Å². The molecule has 0 saturated carbocycles. The second-order valence-corrected chi connectivity index (χ2v) is 7.93. The number of ketones is 1. The van der Waals surface area contributed by atoms with Gasteiger partial charge >= 0.3 is 0 Å². The zero-order valence-corrected chi connectivity index (χ0v) is 13.3. The number of Topliss-reactive ketones (excluding diaryl/α,β-unsaturated/α-hetero) is 1. The summed E-state index contributed by atoms with van der Waals surface area (Å²) < 4.78 is 26.0. The van der Waals surface area contributed by atoms with Gasteiger partial charge in [-0.1, -0.05) is 11.3 Å². The Hall–Kier alpha value is -1.39. The molecule has 0 unspecified atom stereocenters. The molecular weight excluding hydrogens is 316 g/mol. The Kier molecular flexibility index (Phi) is 4.69. The maximum Gasteiger partial charge on any atom is 0.272 e.